The van der Waals surface area contributed by atoms with E-state index in [2.05, 4.69) is 0 Å². The zero-order chi connectivity index (χ0) is 29.6. The molecule has 1 fully saturated rings. The summed E-state index contributed by atoms with van der Waals surface area (Å²) in [7, 11) is 3.11. The van der Waals surface area contributed by atoms with Crippen LogP contribution in [0.3, 0.4) is 0 Å². The Kier molecular flexibility index (Phi) is 9.97. The molecular weight excluding hydrogens is 530 g/mol. The van der Waals surface area contributed by atoms with Crippen LogP contribution in [0.1, 0.15) is 16.7 Å². The van der Waals surface area contributed by atoms with E-state index in [0.717, 1.165) is 0 Å². The molecule has 1 aliphatic heterocycles. The Labute approximate surface area is 239 Å². The molecule has 41 heavy (non-hydrogen) atoms. The number of ether oxygens (including phenoxy) is 2. The molecule has 1 aliphatic rings. The van der Waals surface area contributed by atoms with Crippen molar-refractivity contribution in [3.8, 4) is 11.5 Å². The molecule has 0 amide bonds. The quantitative estimate of drug-likeness (QED) is 0.132. The van der Waals surface area contributed by atoms with Crippen molar-refractivity contribution in [3.05, 3.63) is 95.6 Å². The standard InChI is InChI=1S/C30H40N3O8/c1-40-25-12-8-23(9-13-25)30(22-6-4-3-5-7-22,24-10-14-26(41-2)15-11-24)33(18-21-36)28(38)31(16-19-34)27(37)32(17-20-35)29(33)39/h3-15,27-29,34-39H,16-21H2,1-2H3/q+1. The van der Waals surface area contributed by atoms with Crippen LogP contribution >= 0.6 is 0 Å². The highest BCUT2D eigenvalue weighted by Crippen LogP contribution is 2.52. The van der Waals surface area contributed by atoms with Gasteiger partial charge in [-0.2, -0.15) is 9.80 Å². The summed E-state index contributed by atoms with van der Waals surface area (Å²) in [5.41, 5.74) is 0.533. The van der Waals surface area contributed by atoms with Crippen molar-refractivity contribution in [2.45, 2.75) is 24.6 Å². The van der Waals surface area contributed by atoms with Gasteiger partial charge in [0.05, 0.1) is 34.0 Å². The third-order valence-electron chi connectivity index (χ3n) is 8.03. The van der Waals surface area contributed by atoms with E-state index in [-0.39, 0.29) is 19.6 Å². The first kappa shape index (κ1) is 30.8. The van der Waals surface area contributed by atoms with Crippen LogP contribution in [0.2, 0.25) is 0 Å². The van der Waals surface area contributed by atoms with Gasteiger partial charge in [-0.3, -0.25) is 0 Å². The van der Waals surface area contributed by atoms with Crippen molar-refractivity contribution >= 4 is 0 Å². The summed E-state index contributed by atoms with van der Waals surface area (Å²) in [6.07, 6.45) is -4.82. The molecule has 3 aromatic carbocycles. The molecule has 3 aromatic rings. The Morgan fingerprint density at radius 2 is 1.05 bits per heavy atom. The molecule has 0 bridgehead atoms. The lowest BCUT2D eigenvalue weighted by Gasteiger charge is -2.64. The summed E-state index contributed by atoms with van der Waals surface area (Å²) in [4.78, 5) is 2.51. The number of benzene rings is 3. The summed E-state index contributed by atoms with van der Waals surface area (Å²) in [5, 5.41) is 66.3. The van der Waals surface area contributed by atoms with Crippen LogP contribution in [-0.2, 0) is 5.54 Å². The first-order chi connectivity index (χ1) is 19.9. The fourth-order valence-electron chi connectivity index (χ4n) is 6.25. The van der Waals surface area contributed by atoms with E-state index in [9.17, 15) is 30.6 Å². The molecular formula is C30H40N3O8+. The molecule has 4 rings (SSSR count). The molecule has 11 nitrogen and oxygen atoms in total. The predicted molar refractivity (Wildman–Crippen MR) is 150 cm³/mol. The largest absolute Gasteiger partial charge is 0.497 e. The summed E-state index contributed by atoms with van der Waals surface area (Å²) in [6, 6.07) is 23.8. The lowest BCUT2D eigenvalue weighted by molar-refractivity contribution is -1.08. The molecule has 222 valence electrons. The maximum absolute atomic E-state index is 12.3. The molecule has 0 aliphatic carbocycles. The van der Waals surface area contributed by atoms with Crippen molar-refractivity contribution in [3.63, 3.8) is 0 Å². The van der Waals surface area contributed by atoms with Crippen LogP contribution in [0.5, 0.6) is 11.5 Å². The third kappa shape index (κ3) is 5.10. The number of methoxy groups -OCH3 is 2. The number of rotatable bonds is 12. The van der Waals surface area contributed by atoms with Crippen molar-refractivity contribution in [1.29, 1.82) is 0 Å². The fraction of sp³-hybridized carbons (Fsp3) is 0.400. The minimum atomic E-state index is -1.64. The number of hydrogen-bond acceptors (Lipinski definition) is 10. The Morgan fingerprint density at radius 1 is 0.634 bits per heavy atom. The second-order valence-corrected chi connectivity index (χ2v) is 9.87. The second kappa shape index (κ2) is 13.3. The van der Waals surface area contributed by atoms with Gasteiger partial charge in [0.25, 0.3) is 12.7 Å². The molecule has 0 aromatic heterocycles. The van der Waals surface area contributed by atoms with Gasteiger partial charge in [-0.25, -0.2) is 4.48 Å². The Bertz CT molecular complexity index is 1160. The molecule has 2 unspecified atom stereocenters. The predicted octanol–water partition coefficient (Wildman–Crippen LogP) is 0.235. The van der Waals surface area contributed by atoms with Gasteiger partial charge in [-0.1, -0.05) is 30.3 Å². The van der Waals surface area contributed by atoms with Gasteiger partial charge in [0, 0.05) is 29.8 Å². The summed E-state index contributed by atoms with van der Waals surface area (Å²) in [6.45, 7) is -1.76. The maximum Gasteiger partial charge on any atom is 0.261 e. The van der Waals surface area contributed by atoms with E-state index < -0.39 is 48.9 Å². The van der Waals surface area contributed by atoms with E-state index in [4.69, 9.17) is 9.47 Å². The number of β-amino-alcohol motifs (C(OH)–C–C–N with tert-alkyl or cyclic N) is 2. The van der Waals surface area contributed by atoms with Gasteiger partial charge in [-0.15, -0.1) is 0 Å². The van der Waals surface area contributed by atoms with Crippen molar-refractivity contribution in [2.24, 2.45) is 0 Å². The van der Waals surface area contributed by atoms with Crippen LogP contribution in [0, 0.1) is 0 Å². The molecule has 1 saturated heterocycles. The average molecular weight is 571 g/mol. The second-order valence-electron chi connectivity index (χ2n) is 9.87. The SMILES string of the molecule is COc1ccc(C(c2ccccc2)(c2ccc(OC)cc2)[N+]2(CCO)C(O)N(CCO)C(O)N(CCO)C2O)cc1. The molecule has 2 atom stereocenters. The van der Waals surface area contributed by atoms with Gasteiger partial charge in [0.15, 0.2) is 11.9 Å². The van der Waals surface area contributed by atoms with Crippen LogP contribution in [0.15, 0.2) is 78.9 Å². The van der Waals surface area contributed by atoms with E-state index >= 15 is 0 Å². The zero-order valence-electron chi connectivity index (χ0n) is 23.3. The summed E-state index contributed by atoms with van der Waals surface area (Å²) >= 11 is 0. The molecule has 0 spiro atoms. The third-order valence-corrected chi connectivity index (χ3v) is 8.03. The van der Waals surface area contributed by atoms with Crippen LogP contribution in [0.4, 0.5) is 0 Å². The topological polar surface area (TPSA) is 146 Å². The average Bonchev–Trinajstić information content (AvgIpc) is 3.01. The van der Waals surface area contributed by atoms with Gasteiger partial charge < -0.3 is 40.1 Å². The highest BCUT2D eigenvalue weighted by molar-refractivity contribution is 5.50. The van der Waals surface area contributed by atoms with Crippen LogP contribution in [0.25, 0.3) is 0 Å². The van der Waals surface area contributed by atoms with Crippen molar-refractivity contribution in [1.82, 2.24) is 9.80 Å². The van der Waals surface area contributed by atoms with Crippen molar-refractivity contribution in [2.75, 3.05) is 53.7 Å². The number of aliphatic hydroxyl groups excluding tert-OH is 6. The van der Waals surface area contributed by atoms with Crippen LogP contribution < -0.4 is 9.47 Å². The first-order valence-electron chi connectivity index (χ1n) is 13.5. The van der Waals surface area contributed by atoms with E-state index in [1.54, 1.807) is 38.5 Å². The van der Waals surface area contributed by atoms with Gasteiger partial charge >= 0.3 is 0 Å². The molecule has 6 N–H and O–H groups in total. The lowest BCUT2D eigenvalue weighted by atomic mass is 9.73. The first-order valence-corrected chi connectivity index (χ1v) is 13.5. The molecule has 1 heterocycles. The summed E-state index contributed by atoms with van der Waals surface area (Å²) < 4.78 is 10.2. The smallest absolute Gasteiger partial charge is 0.261 e. The maximum atomic E-state index is 12.3. The van der Waals surface area contributed by atoms with E-state index in [1.165, 1.54) is 9.80 Å². The van der Waals surface area contributed by atoms with Gasteiger partial charge in [-0.05, 0) is 48.5 Å². The van der Waals surface area contributed by atoms with Gasteiger partial charge in [0.1, 0.15) is 18.0 Å². The Balaban J connectivity index is 2.20. The summed E-state index contributed by atoms with van der Waals surface area (Å²) in [5.74, 6) is 1.19. The van der Waals surface area contributed by atoms with E-state index in [1.807, 2.05) is 54.6 Å². The highest BCUT2D eigenvalue weighted by Gasteiger charge is 2.68. The van der Waals surface area contributed by atoms with E-state index in [0.29, 0.717) is 28.2 Å². The minimum absolute atomic E-state index is 0.154. The number of nitrogens with zero attached hydrogens (tertiary/aromatic N) is 3. The van der Waals surface area contributed by atoms with Crippen LogP contribution in [-0.4, -0.2) is 118 Å². The fourth-order valence-corrected chi connectivity index (χ4v) is 6.25. The molecule has 0 radical (unpaired) electrons. The minimum Gasteiger partial charge on any atom is -0.497 e. The highest BCUT2D eigenvalue weighted by atomic mass is 16.5. The normalized spacial score (nSPS) is 23.9. The lowest BCUT2D eigenvalue weighted by Crippen LogP contribution is -2.85. The van der Waals surface area contributed by atoms with Gasteiger partial charge in [0.2, 0.25) is 0 Å². The molecule has 11 heteroatoms. The number of hydrogen-bond donors (Lipinski definition) is 6. The zero-order valence-corrected chi connectivity index (χ0v) is 23.3. The monoisotopic (exact) mass is 570 g/mol. The molecule has 0 saturated carbocycles. The Morgan fingerprint density at radius 3 is 1.41 bits per heavy atom. The Hall–Kier alpha value is -3.10. The van der Waals surface area contributed by atoms with Crippen molar-refractivity contribution < 1.29 is 44.6 Å². The number of aliphatic hydroxyl groups is 6. The number of quaternary nitrogens is 1.